The summed E-state index contributed by atoms with van der Waals surface area (Å²) in [6.07, 6.45) is 11.9. The molecule has 1 aromatic carbocycles. The first-order valence-electron chi connectivity index (χ1n) is 9.84. The summed E-state index contributed by atoms with van der Waals surface area (Å²) in [6, 6.07) is 9.29. The minimum absolute atomic E-state index is 0.0417. The normalized spacial score (nSPS) is 14.3. The second-order valence-electron chi connectivity index (χ2n) is 7.61. The fourth-order valence-corrected chi connectivity index (χ4v) is 2.09. The molecule has 0 radical (unpaired) electrons. The highest BCUT2D eigenvalue weighted by Gasteiger charge is 2.19. The number of carboxylic acids is 1. The van der Waals surface area contributed by atoms with E-state index in [1.165, 1.54) is 0 Å². The van der Waals surface area contributed by atoms with Gasteiger partial charge in [0.15, 0.2) is 0 Å². The number of methoxy groups -OCH3 is 1. The van der Waals surface area contributed by atoms with Crippen LogP contribution in [0.25, 0.3) is 6.08 Å². The molecule has 0 fully saturated rings. The van der Waals surface area contributed by atoms with Crippen LogP contribution in [-0.2, 0) is 9.53 Å². The van der Waals surface area contributed by atoms with Crippen molar-refractivity contribution >= 4 is 12.0 Å². The van der Waals surface area contributed by atoms with E-state index in [4.69, 9.17) is 4.74 Å². The topological polar surface area (TPSA) is 58.6 Å². The number of benzene rings is 1. The lowest BCUT2D eigenvalue weighted by Crippen LogP contribution is -2.41. The van der Waals surface area contributed by atoms with Gasteiger partial charge in [0.05, 0.1) is 5.60 Å². The summed E-state index contributed by atoms with van der Waals surface area (Å²) in [4.78, 5) is 11.4. The van der Waals surface area contributed by atoms with Crippen molar-refractivity contribution in [2.24, 2.45) is 0 Å². The molecule has 0 bridgehead atoms. The van der Waals surface area contributed by atoms with E-state index in [9.17, 15) is 9.90 Å². The summed E-state index contributed by atoms with van der Waals surface area (Å²) in [7, 11) is 1.71. The summed E-state index contributed by atoms with van der Waals surface area (Å²) in [5.74, 6) is -0.860. The Hall–Kier alpha value is -2.43. The van der Waals surface area contributed by atoms with E-state index in [0.29, 0.717) is 6.42 Å². The predicted octanol–water partition coefficient (Wildman–Crippen LogP) is 5.64. The van der Waals surface area contributed by atoms with Crippen LogP contribution in [0.5, 0.6) is 0 Å². The first kappa shape index (κ1) is 26.6. The average molecular weight is 400 g/mol. The minimum atomic E-state index is -0.860. The number of hydrogen-bond donors (Lipinski definition) is 2. The fourth-order valence-electron chi connectivity index (χ4n) is 2.09. The van der Waals surface area contributed by atoms with Crippen molar-refractivity contribution in [3.63, 3.8) is 0 Å². The first-order chi connectivity index (χ1) is 13.6. The number of carboxylic acid groups (broad SMARTS) is 1. The molecule has 1 unspecified atom stereocenters. The molecule has 0 saturated carbocycles. The van der Waals surface area contributed by atoms with Gasteiger partial charge in [0.25, 0.3) is 0 Å². The molecule has 2 N–H and O–H groups in total. The van der Waals surface area contributed by atoms with Gasteiger partial charge in [-0.3, -0.25) is 10.1 Å². The molecule has 0 saturated heterocycles. The zero-order valence-corrected chi connectivity index (χ0v) is 18.7. The Labute approximate surface area is 176 Å². The summed E-state index contributed by atoms with van der Waals surface area (Å²) < 4.78 is 4.94. The molecule has 0 aliphatic rings. The monoisotopic (exact) mass is 399 g/mol. The van der Waals surface area contributed by atoms with Crippen LogP contribution >= 0.6 is 0 Å². The van der Waals surface area contributed by atoms with Gasteiger partial charge in [-0.1, -0.05) is 66.8 Å². The first-order valence-corrected chi connectivity index (χ1v) is 9.84. The fraction of sp³-hybridized carbons (Fsp3) is 0.400. The Balaban J connectivity index is 0.00000113. The third-order valence-corrected chi connectivity index (χ3v) is 3.95. The SMILES string of the molecule is C=C[C@H](C)NC(CC(/C=C\C)=C/C=C/c1ccccc1)C(=O)O.COC(C)(C)C. The lowest BCUT2D eigenvalue weighted by atomic mass is 10.0. The van der Waals surface area contributed by atoms with Gasteiger partial charge in [-0.15, -0.1) is 6.58 Å². The number of aliphatic carboxylic acids is 1. The molecule has 0 aliphatic carbocycles. The average Bonchev–Trinajstić information content (AvgIpc) is 2.68. The van der Waals surface area contributed by atoms with Crippen molar-refractivity contribution in [1.29, 1.82) is 0 Å². The van der Waals surface area contributed by atoms with Gasteiger partial charge in [-0.25, -0.2) is 0 Å². The summed E-state index contributed by atoms with van der Waals surface area (Å²) in [6.45, 7) is 13.5. The zero-order chi connectivity index (χ0) is 22.3. The number of rotatable bonds is 9. The van der Waals surface area contributed by atoms with Crippen LogP contribution in [0.3, 0.4) is 0 Å². The van der Waals surface area contributed by atoms with Crippen LogP contribution in [0, 0.1) is 0 Å². The molecule has 0 aromatic heterocycles. The van der Waals surface area contributed by atoms with Crippen molar-refractivity contribution in [3.8, 4) is 0 Å². The molecule has 160 valence electrons. The van der Waals surface area contributed by atoms with Crippen LogP contribution in [0.1, 0.15) is 46.6 Å². The minimum Gasteiger partial charge on any atom is -0.480 e. The molecule has 1 aromatic rings. The molecular weight excluding hydrogens is 362 g/mol. The molecule has 0 heterocycles. The van der Waals surface area contributed by atoms with Crippen LogP contribution in [0.2, 0.25) is 0 Å². The van der Waals surface area contributed by atoms with Gasteiger partial charge in [-0.2, -0.15) is 0 Å². The van der Waals surface area contributed by atoms with Crippen molar-refractivity contribution in [2.45, 2.75) is 58.7 Å². The quantitative estimate of drug-likeness (QED) is 0.417. The highest BCUT2D eigenvalue weighted by atomic mass is 16.5. The van der Waals surface area contributed by atoms with Crippen molar-refractivity contribution in [1.82, 2.24) is 5.32 Å². The molecule has 4 heteroatoms. The number of allylic oxidation sites excluding steroid dienone is 4. The largest absolute Gasteiger partial charge is 0.480 e. The predicted molar refractivity (Wildman–Crippen MR) is 124 cm³/mol. The lowest BCUT2D eigenvalue weighted by Gasteiger charge is -2.18. The summed E-state index contributed by atoms with van der Waals surface area (Å²) in [5, 5.41) is 12.4. The molecule has 2 atom stereocenters. The number of nitrogens with one attached hydrogen (secondary N) is 1. The Morgan fingerprint density at radius 3 is 2.31 bits per heavy atom. The van der Waals surface area contributed by atoms with E-state index in [-0.39, 0.29) is 11.6 Å². The maximum Gasteiger partial charge on any atom is 0.321 e. The Bertz CT molecular complexity index is 682. The second kappa shape index (κ2) is 14.6. The van der Waals surface area contributed by atoms with E-state index >= 15 is 0 Å². The van der Waals surface area contributed by atoms with E-state index in [0.717, 1.165) is 11.1 Å². The maximum atomic E-state index is 11.4. The highest BCUT2D eigenvalue weighted by molar-refractivity contribution is 5.74. The van der Waals surface area contributed by atoms with Crippen LogP contribution in [0.15, 0.2) is 72.9 Å². The Kier molecular flexibility index (Phi) is 13.3. The third-order valence-electron chi connectivity index (χ3n) is 3.95. The van der Waals surface area contributed by atoms with E-state index < -0.39 is 12.0 Å². The summed E-state index contributed by atoms with van der Waals surface area (Å²) >= 11 is 0. The van der Waals surface area contributed by atoms with Gasteiger partial charge < -0.3 is 9.84 Å². The molecule has 1 rings (SSSR count). The molecular formula is C25H37NO3. The standard InChI is InChI=1S/C20H25NO2.C5H12O/c1-4-10-18(14-9-13-17-11-7-6-8-12-17)15-19(20(22)23)21-16(3)5-2;1-5(2,3)6-4/h4-14,16,19,21H,2,15H2,1,3H3,(H,22,23);1-4H3/b10-4-,13-9+,18-14+;/t16-,19?;/m0./s1. The maximum absolute atomic E-state index is 11.4. The molecule has 29 heavy (non-hydrogen) atoms. The van der Waals surface area contributed by atoms with Gasteiger partial charge in [-0.05, 0) is 52.2 Å². The Morgan fingerprint density at radius 1 is 1.28 bits per heavy atom. The van der Waals surface area contributed by atoms with E-state index in [2.05, 4.69) is 11.9 Å². The molecule has 0 spiro atoms. The zero-order valence-electron chi connectivity index (χ0n) is 18.7. The highest BCUT2D eigenvalue weighted by Crippen LogP contribution is 2.11. The van der Waals surface area contributed by atoms with Gasteiger partial charge >= 0.3 is 5.97 Å². The van der Waals surface area contributed by atoms with Gasteiger partial charge in [0.2, 0.25) is 0 Å². The summed E-state index contributed by atoms with van der Waals surface area (Å²) in [5.41, 5.74) is 2.10. The van der Waals surface area contributed by atoms with Gasteiger partial charge in [0.1, 0.15) is 6.04 Å². The second-order valence-corrected chi connectivity index (χ2v) is 7.61. The van der Waals surface area contributed by atoms with E-state index in [1.54, 1.807) is 13.2 Å². The number of hydrogen-bond acceptors (Lipinski definition) is 3. The van der Waals surface area contributed by atoms with Crippen LogP contribution in [-0.4, -0.2) is 35.9 Å². The van der Waals surface area contributed by atoms with Crippen molar-refractivity contribution < 1.29 is 14.6 Å². The smallest absolute Gasteiger partial charge is 0.321 e. The van der Waals surface area contributed by atoms with Crippen LogP contribution < -0.4 is 5.32 Å². The van der Waals surface area contributed by atoms with Crippen molar-refractivity contribution in [3.05, 3.63) is 78.4 Å². The van der Waals surface area contributed by atoms with Gasteiger partial charge in [0, 0.05) is 13.2 Å². The number of carbonyl (C=O) groups is 1. The third kappa shape index (κ3) is 14.3. The Morgan fingerprint density at radius 2 is 1.86 bits per heavy atom. The van der Waals surface area contributed by atoms with Crippen molar-refractivity contribution in [2.75, 3.05) is 7.11 Å². The van der Waals surface area contributed by atoms with E-state index in [1.807, 2.05) is 95.3 Å². The molecule has 0 aliphatic heterocycles. The lowest BCUT2D eigenvalue weighted by molar-refractivity contribution is -0.139. The van der Waals surface area contributed by atoms with Crippen LogP contribution in [0.4, 0.5) is 0 Å². The number of ether oxygens (including phenoxy) is 1. The molecule has 0 amide bonds. The molecule has 4 nitrogen and oxygen atoms in total.